The minimum Gasteiger partial charge on any atom is -0.348 e. The van der Waals surface area contributed by atoms with Crippen LogP contribution in [0.1, 0.15) is 34.3 Å². The molecule has 3 N–H and O–H groups in total. The highest BCUT2D eigenvalue weighted by atomic mass is 35.5. The summed E-state index contributed by atoms with van der Waals surface area (Å²) in [7, 11) is 0. The number of hydrogen-bond acceptors (Lipinski definition) is 3. The van der Waals surface area contributed by atoms with Gasteiger partial charge in [0.1, 0.15) is 5.15 Å². The van der Waals surface area contributed by atoms with Crippen LogP contribution in [0.2, 0.25) is 5.15 Å². The minimum absolute atomic E-state index is 0.147. The summed E-state index contributed by atoms with van der Waals surface area (Å²) >= 11 is 5.72. The number of aromatic nitrogens is 1. The summed E-state index contributed by atoms with van der Waals surface area (Å²) in [6, 6.07) is 10.8. The number of carbonyl (C=O) groups is 2. The summed E-state index contributed by atoms with van der Waals surface area (Å²) in [6.07, 6.45) is 3.86. The first kappa shape index (κ1) is 18.2. The molecule has 1 aliphatic rings. The summed E-state index contributed by atoms with van der Waals surface area (Å²) in [6.45, 7) is 1.58. The van der Waals surface area contributed by atoms with Crippen LogP contribution in [0, 0.1) is 5.92 Å². The van der Waals surface area contributed by atoms with Gasteiger partial charge >= 0.3 is 6.03 Å². The van der Waals surface area contributed by atoms with Gasteiger partial charge in [-0.3, -0.25) is 4.79 Å². The molecule has 0 spiro atoms. The lowest BCUT2D eigenvalue weighted by atomic mass is 10.1. The second-order valence-electron chi connectivity index (χ2n) is 6.38. The molecule has 1 aromatic carbocycles. The molecule has 1 heterocycles. The van der Waals surface area contributed by atoms with Crippen LogP contribution in [0.4, 0.5) is 4.79 Å². The first-order chi connectivity index (χ1) is 12.6. The molecule has 1 saturated carbocycles. The third-order valence-electron chi connectivity index (χ3n) is 4.14. The maximum atomic E-state index is 12.1. The van der Waals surface area contributed by atoms with Crippen LogP contribution in [-0.2, 0) is 13.1 Å². The number of urea groups is 1. The molecule has 0 saturated heterocycles. The average molecular weight is 373 g/mol. The fourth-order valence-electron chi connectivity index (χ4n) is 2.45. The van der Waals surface area contributed by atoms with Gasteiger partial charge in [-0.05, 0) is 42.0 Å². The number of halogens is 1. The molecule has 1 fully saturated rings. The van der Waals surface area contributed by atoms with Gasteiger partial charge in [-0.15, -0.1) is 0 Å². The molecular weight excluding hydrogens is 352 g/mol. The van der Waals surface area contributed by atoms with Crippen molar-refractivity contribution in [1.82, 2.24) is 20.9 Å². The number of hydrogen-bond donors (Lipinski definition) is 3. The van der Waals surface area contributed by atoms with E-state index in [0.717, 1.165) is 17.7 Å². The molecular formula is C19H21ClN4O2. The van der Waals surface area contributed by atoms with Crippen molar-refractivity contribution in [2.24, 2.45) is 5.92 Å². The van der Waals surface area contributed by atoms with Crippen molar-refractivity contribution in [3.63, 3.8) is 0 Å². The number of nitrogens with one attached hydrogen (secondary N) is 3. The average Bonchev–Trinajstić information content (AvgIpc) is 3.48. The lowest BCUT2D eigenvalue weighted by Crippen LogP contribution is -2.36. The number of nitrogens with zero attached hydrogens (tertiary/aromatic N) is 1. The van der Waals surface area contributed by atoms with E-state index in [1.807, 2.05) is 24.3 Å². The topological polar surface area (TPSA) is 83.1 Å². The first-order valence-electron chi connectivity index (χ1n) is 8.59. The highest BCUT2D eigenvalue weighted by molar-refractivity contribution is 6.29. The fraction of sp³-hybridized carbons (Fsp3) is 0.316. The second-order valence-corrected chi connectivity index (χ2v) is 6.77. The standard InChI is InChI=1S/C19H21ClN4O2/c20-17-7-6-16(12-21-17)18(25)22-10-14-2-1-3-15(8-14)11-24-19(26)23-9-13-4-5-13/h1-3,6-8,12-13H,4-5,9-11H2,(H,22,25)(H2,23,24,26). The second kappa shape index (κ2) is 8.67. The molecule has 3 amide bonds. The highest BCUT2D eigenvalue weighted by Gasteiger charge is 2.21. The van der Waals surface area contributed by atoms with Crippen molar-refractivity contribution in [2.75, 3.05) is 6.54 Å². The maximum absolute atomic E-state index is 12.1. The summed E-state index contributed by atoms with van der Waals surface area (Å²) in [5, 5.41) is 8.91. The summed E-state index contributed by atoms with van der Waals surface area (Å²) < 4.78 is 0. The maximum Gasteiger partial charge on any atom is 0.315 e. The van der Waals surface area contributed by atoms with Gasteiger partial charge in [0, 0.05) is 25.8 Å². The number of rotatable bonds is 7. The van der Waals surface area contributed by atoms with Crippen molar-refractivity contribution >= 4 is 23.5 Å². The number of pyridine rings is 1. The van der Waals surface area contributed by atoms with Crippen LogP contribution >= 0.6 is 11.6 Å². The third-order valence-corrected chi connectivity index (χ3v) is 4.36. The molecule has 26 heavy (non-hydrogen) atoms. The highest BCUT2D eigenvalue weighted by Crippen LogP contribution is 2.27. The Hall–Kier alpha value is -2.60. The molecule has 0 unspecified atom stereocenters. The lowest BCUT2D eigenvalue weighted by Gasteiger charge is -2.09. The van der Waals surface area contributed by atoms with Crippen LogP contribution < -0.4 is 16.0 Å². The van der Waals surface area contributed by atoms with Gasteiger partial charge < -0.3 is 16.0 Å². The van der Waals surface area contributed by atoms with Crippen LogP contribution in [0.15, 0.2) is 42.6 Å². The van der Waals surface area contributed by atoms with Gasteiger partial charge in [0.2, 0.25) is 0 Å². The van der Waals surface area contributed by atoms with Crippen LogP contribution in [0.5, 0.6) is 0 Å². The Labute approximate surface area is 157 Å². The molecule has 2 aromatic rings. The Bertz CT molecular complexity index is 775. The van der Waals surface area contributed by atoms with Gasteiger partial charge in [-0.1, -0.05) is 35.9 Å². The Morgan fingerprint density at radius 1 is 1.04 bits per heavy atom. The summed E-state index contributed by atoms with van der Waals surface area (Å²) in [5.41, 5.74) is 2.39. The van der Waals surface area contributed by atoms with E-state index in [9.17, 15) is 9.59 Å². The van der Waals surface area contributed by atoms with E-state index >= 15 is 0 Å². The monoisotopic (exact) mass is 372 g/mol. The number of amides is 3. The Morgan fingerprint density at radius 3 is 2.42 bits per heavy atom. The molecule has 6 nitrogen and oxygen atoms in total. The zero-order valence-corrected chi connectivity index (χ0v) is 15.1. The van der Waals surface area contributed by atoms with E-state index in [1.165, 1.54) is 19.0 Å². The van der Waals surface area contributed by atoms with E-state index in [1.54, 1.807) is 12.1 Å². The van der Waals surface area contributed by atoms with Crippen LogP contribution in [0.25, 0.3) is 0 Å². The molecule has 0 bridgehead atoms. The molecule has 0 atom stereocenters. The number of benzene rings is 1. The molecule has 0 aliphatic heterocycles. The van der Waals surface area contributed by atoms with E-state index in [2.05, 4.69) is 20.9 Å². The quantitative estimate of drug-likeness (QED) is 0.653. The van der Waals surface area contributed by atoms with Crippen molar-refractivity contribution in [2.45, 2.75) is 25.9 Å². The molecule has 0 radical (unpaired) electrons. The zero-order chi connectivity index (χ0) is 18.4. The number of carbonyl (C=O) groups excluding carboxylic acids is 2. The van der Waals surface area contributed by atoms with E-state index < -0.39 is 0 Å². The smallest absolute Gasteiger partial charge is 0.315 e. The van der Waals surface area contributed by atoms with E-state index in [4.69, 9.17) is 11.6 Å². The van der Waals surface area contributed by atoms with Crippen LogP contribution in [0.3, 0.4) is 0 Å². The van der Waals surface area contributed by atoms with Gasteiger partial charge in [-0.25, -0.2) is 9.78 Å². The normalized spacial score (nSPS) is 13.1. The third kappa shape index (κ3) is 5.74. The van der Waals surface area contributed by atoms with Crippen molar-refractivity contribution in [1.29, 1.82) is 0 Å². The molecule has 3 rings (SSSR count). The van der Waals surface area contributed by atoms with E-state index in [0.29, 0.717) is 29.7 Å². The Balaban J connectivity index is 1.46. The molecule has 1 aromatic heterocycles. The van der Waals surface area contributed by atoms with Gasteiger partial charge in [0.25, 0.3) is 5.91 Å². The Morgan fingerprint density at radius 2 is 1.77 bits per heavy atom. The SMILES string of the molecule is O=C(NCc1cccc(CNC(=O)c2ccc(Cl)nc2)c1)NCC1CC1. The van der Waals surface area contributed by atoms with Crippen molar-refractivity contribution in [3.8, 4) is 0 Å². The predicted octanol–water partition coefficient (Wildman–Crippen LogP) is 2.87. The Kier molecular flexibility index (Phi) is 6.07. The van der Waals surface area contributed by atoms with E-state index in [-0.39, 0.29) is 11.9 Å². The molecule has 136 valence electrons. The molecule has 1 aliphatic carbocycles. The largest absolute Gasteiger partial charge is 0.348 e. The van der Waals surface area contributed by atoms with Gasteiger partial charge in [0.05, 0.1) is 5.56 Å². The predicted molar refractivity (Wildman–Crippen MR) is 99.8 cm³/mol. The van der Waals surface area contributed by atoms with Gasteiger partial charge in [0.15, 0.2) is 0 Å². The lowest BCUT2D eigenvalue weighted by molar-refractivity contribution is 0.0950. The minimum atomic E-state index is -0.211. The van der Waals surface area contributed by atoms with Gasteiger partial charge in [-0.2, -0.15) is 0 Å². The van der Waals surface area contributed by atoms with Crippen molar-refractivity contribution < 1.29 is 9.59 Å². The fourth-order valence-corrected chi connectivity index (χ4v) is 2.56. The first-order valence-corrected chi connectivity index (χ1v) is 8.97. The van der Waals surface area contributed by atoms with Crippen LogP contribution in [-0.4, -0.2) is 23.5 Å². The molecule has 7 heteroatoms. The summed E-state index contributed by atoms with van der Waals surface area (Å²) in [5.74, 6) is 0.445. The zero-order valence-electron chi connectivity index (χ0n) is 14.3. The summed E-state index contributed by atoms with van der Waals surface area (Å²) in [4.78, 5) is 27.7. The van der Waals surface area contributed by atoms with Crippen molar-refractivity contribution in [3.05, 3.63) is 64.4 Å².